The number of anilines is 2. The van der Waals surface area contributed by atoms with Gasteiger partial charge in [-0.1, -0.05) is 18.2 Å². The van der Waals surface area contributed by atoms with Gasteiger partial charge in [0.25, 0.3) is 0 Å². The topological polar surface area (TPSA) is 35.6 Å². The maximum absolute atomic E-state index is 13.4. The number of aryl methyl sites for hydroxylation is 2. The zero-order valence-electron chi connectivity index (χ0n) is 15.6. The number of benzene rings is 2. The van der Waals surface area contributed by atoms with Gasteiger partial charge in [-0.25, -0.2) is 4.39 Å². The summed E-state index contributed by atoms with van der Waals surface area (Å²) < 4.78 is 13.4. The Morgan fingerprint density at radius 2 is 2.00 bits per heavy atom. The third-order valence-electron chi connectivity index (χ3n) is 4.89. The second-order valence-electron chi connectivity index (χ2n) is 7.12. The van der Waals surface area contributed by atoms with Gasteiger partial charge in [0, 0.05) is 37.1 Å². The Hall–Kier alpha value is -2.40. The van der Waals surface area contributed by atoms with Crippen molar-refractivity contribution < 1.29 is 9.18 Å². The number of hydrogen-bond acceptors (Lipinski definition) is 3. The van der Waals surface area contributed by atoms with E-state index < -0.39 is 0 Å². The number of piperazine rings is 1. The number of halogens is 1. The van der Waals surface area contributed by atoms with Crippen LogP contribution in [0.2, 0.25) is 0 Å². The highest BCUT2D eigenvalue weighted by Gasteiger charge is 2.25. The van der Waals surface area contributed by atoms with Gasteiger partial charge in [-0.2, -0.15) is 0 Å². The predicted octanol–water partition coefficient (Wildman–Crippen LogP) is 3.59. The molecule has 1 amide bonds. The Balaban J connectivity index is 1.57. The highest BCUT2D eigenvalue weighted by Crippen LogP contribution is 2.22. The average molecular weight is 355 g/mol. The lowest BCUT2D eigenvalue weighted by Gasteiger charge is -2.41. The highest BCUT2D eigenvalue weighted by molar-refractivity contribution is 5.93. The number of carbonyl (C=O) groups is 1. The van der Waals surface area contributed by atoms with Gasteiger partial charge in [-0.3, -0.25) is 9.69 Å². The second-order valence-corrected chi connectivity index (χ2v) is 7.12. The zero-order valence-corrected chi connectivity index (χ0v) is 15.6. The molecule has 0 aromatic heterocycles. The molecule has 0 bridgehead atoms. The van der Waals surface area contributed by atoms with Crippen molar-refractivity contribution in [1.82, 2.24) is 4.90 Å². The highest BCUT2D eigenvalue weighted by atomic mass is 19.1. The molecule has 1 heterocycles. The van der Waals surface area contributed by atoms with Crippen LogP contribution in [-0.2, 0) is 4.79 Å². The molecule has 1 atom stereocenters. The van der Waals surface area contributed by atoms with Crippen molar-refractivity contribution in [3.63, 3.8) is 0 Å². The summed E-state index contributed by atoms with van der Waals surface area (Å²) in [6.07, 6.45) is 0. The summed E-state index contributed by atoms with van der Waals surface area (Å²) >= 11 is 0. The molecule has 4 nitrogen and oxygen atoms in total. The molecule has 1 unspecified atom stereocenters. The third kappa shape index (κ3) is 4.41. The minimum absolute atomic E-state index is 0.102. The Bertz CT molecular complexity index is 793. The molecule has 1 aliphatic rings. The fraction of sp³-hybridized carbons (Fsp3) is 0.381. The van der Waals surface area contributed by atoms with Crippen LogP contribution in [0.4, 0.5) is 15.8 Å². The van der Waals surface area contributed by atoms with Gasteiger partial charge < -0.3 is 10.2 Å². The van der Waals surface area contributed by atoms with Crippen molar-refractivity contribution in [2.75, 3.05) is 36.4 Å². The number of amides is 1. The summed E-state index contributed by atoms with van der Waals surface area (Å²) in [5, 5.41) is 2.83. The van der Waals surface area contributed by atoms with Crippen LogP contribution in [0.25, 0.3) is 0 Å². The molecule has 0 radical (unpaired) electrons. The van der Waals surface area contributed by atoms with Crippen LogP contribution in [0.5, 0.6) is 0 Å². The molecule has 1 saturated heterocycles. The van der Waals surface area contributed by atoms with E-state index in [4.69, 9.17) is 0 Å². The molecule has 2 aromatic carbocycles. The fourth-order valence-corrected chi connectivity index (χ4v) is 3.49. The molecule has 5 heteroatoms. The first-order valence-corrected chi connectivity index (χ1v) is 9.04. The van der Waals surface area contributed by atoms with Crippen LogP contribution >= 0.6 is 0 Å². The van der Waals surface area contributed by atoms with Crippen molar-refractivity contribution >= 4 is 17.3 Å². The minimum atomic E-state index is -0.341. The predicted molar refractivity (Wildman–Crippen MR) is 104 cm³/mol. The van der Waals surface area contributed by atoms with Crippen molar-refractivity contribution in [2.45, 2.75) is 26.8 Å². The summed E-state index contributed by atoms with van der Waals surface area (Å²) in [6, 6.07) is 13.3. The van der Waals surface area contributed by atoms with Gasteiger partial charge in [0.1, 0.15) is 5.82 Å². The van der Waals surface area contributed by atoms with Crippen molar-refractivity contribution in [2.24, 2.45) is 0 Å². The van der Waals surface area contributed by atoms with E-state index in [1.54, 1.807) is 6.07 Å². The first-order chi connectivity index (χ1) is 12.4. The smallest absolute Gasteiger partial charge is 0.238 e. The zero-order chi connectivity index (χ0) is 18.7. The molecule has 138 valence electrons. The van der Waals surface area contributed by atoms with Gasteiger partial charge >= 0.3 is 0 Å². The molecule has 1 fully saturated rings. The molecule has 3 rings (SSSR count). The van der Waals surface area contributed by atoms with E-state index >= 15 is 0 Å². The number of nitrogens with zero attached hydrogens (tertiary/aromatic N) is 2. The summed E-state index contributed by atoms with van der Waals surface area (Å²) in [6.45, 7) is 9.00. The second kappa shape index (κ2) is 7.87. The summed E-state index contributed by atoms with van der Waals surface area (Å²) in [7, 11) is 0. The third-order valence-corrected chi connectivity index (χ3v) is 4.89. The van der Waals surface area contributed by atoms with Crippen molar-refractivity contribution in [3.05, 3.63) is 59.4 Å². The monoisotopic (exact) mass is 355 g/mol. The lowest BCUT2D eigenvalue weighted by molar-refractivity contribution is -0.117. The van der Waals surface area contributed by atoms with Crippen LogP contribution in [0.1, 0.15) is 18.1 Å². The van der Waals surface area contributed by atoms with Gasteiger partial charge in [0.15, 0.2) is 0 Å². The molecule has 0 aliphatic carbocycles. The van der Waals surface area contributed by atoms with Crippen molar-refractivity contribution in [3.8, 4) is 0 Å². The summed E-state index contributed by atoms with van der Waals surface area (Å²) in [5.74, 6) is -0.443. The van der Waals surface area contributed by atoms with Gasteiger partial charge in [0.05, 0.1) is 6.54 Å². The Kier molecular flexibility index (Phi) is 5.57. The van der Waals surface area contributed by atoms with Crippen LogP contribution < -0.4 is 10.2 Å². The van der Waals surface area contributed by atoms with Gasteiger partial charge in [-0.05, 0) is 56.2 Å². The van der Waals surface area contributed by atoms with Crippen LogP contribution in [-0.4, -0.2) is 43.0 Å². The Morgan fingerprint density at radius 1 is 1.19 bits per heavy atom. The number of carbonyl (C=O) groups excluding carboxylic acids is 1. The minimum Gasteiger partial charge on any atom is -0.366 e. The fourth-order valence-electron chi connectivity index (χ4n) is 3.49. The molecular formula is C21H26FN3O. The van der Waals surface area contributed by atoms with E-state index in [1.807, 2.05) is 6.92 Å². The molecule has 26 heavy (non-hydrogen) atoms. The van der Waals surface area contributed by atoms with E-state index in [9.17, 15) is 9.18 Å². The molecule has 1 N–H and O–H groups in total. The number of hydrogen-bond donors (Lipinski definition) is 1. The van der Waals surface area contributed by atoms with Crippen LogP contribution in [0, 0.1) is 19.7 Å². The van der Waals surface area contributed by atoms with Crippen LogP contribution in [0.3, 0.4) is 0 Å². The Morgan fingerprint density at radius 3 is 2.73 bits per heavy atom. The first-order valence-electron chi connectivity index (χ1n) is 9.04. The van der Waals surface area contributed by atoms with Gasteiger partial charge in [0.2, 0.25) is 5.91 Å². The molecule has 0 spiro atoms. The normalized spacial score (nSPS) is 18.0. The SMILES string of the molecule is Cc1cccc(N2CCN(CC(=O)Nc3cc(F)ccc3C)CC2C)c1. The lowest BCUT2D eigenvalue weighted by atomic mass is 10.1. The standard InChI is InChI=1S/C21H26FN3O/c1-15-5-4-6-19(11-15)25-10-9-24(13-17(25)3)14-21(26)23-20-12-18(22)8-7-16(20)2/h4-8,11-12,17H,9-10,13-14H2,1-3H3,(H,23,26). The maximum atomic E-state index is 13.4. The van der Waals surface area contributed by atoms with E-state index in [-0.39, 0.29) is 11.7 Å². The van der Waals surface area contributed by atoms with Crippen LogP contribution in [0.15, 0.2) is 42.5 Å². The molecular weight excluding hydrogens is 329 g/mol. The largest absolute Gasteiger partial charge is 0.366 e. The maximum Gasteiger partial charge on any atom is 0.238 e. The van der Waals surface area contributed by atoms with E-state index in [2.05, 4.69) is 53.2 Å². The van der Waals surface area contributed by atoms with E-state index in [0.29, 0.717) is 18.3 Å². The lowest BCUT2D eigenvalue weighted by Crippen LogP contribution is -2.53. The summed E-state index contributed by atoms with van der Waals surface area (Å²) in [5.41, 5.74) is 3.89. The average Bonchev–Trinajstić information content (AvgIpc) is 2.58. The molecule has 2 aromatic rings. The quantitative estimate of drug-likeness (QED) is 0.910. The Labute approximate surface area is 154 Å². The molecule has 0 saturated carbocycles. The van der Waals surface area contributed by atoms with Gasteiger partial charge in [-0.15, -0.1) is 0 Å². The van der Waals surface area contributed by atoms with E-state index in [0.717, 1.165) is 25.2 Å². The number of rotatable bonds is 4. The summed E-state index contributed by atoms with van der Waals surface area (Å²) in [4.78, 5) is 16.9. The van der Waals surface area contributed by atoms with Crippen molar-refractivity contribution in [1.29, 1.82) is 0 Å². The van der Waals surface area contributed by atoms with E-state index in [1.165, 1.54) is 23.4 Å². The number of nitrogens with one attached hydrogen (secondary N) is 1. The first kappa shape index (κ1) is 18.4. The molecule has 1 aliphatic heterocycles.